The normalized spacial score (nSPS) is 28.2. The van der Waals surface area contributed by atoms with Gasteiger partial charge in [-0.3, -0.25) is 4.79 Å². The minimum atomic E-state index is -0.727. The second kappa shape index (κ2) is 4.19. The molecule has 0 unspecified atom stereocenters. The number of aromatic nitrogens is 1. The molecule has 21 heavy (non-hydrogen) atoms. The molecule has 5 nitrogen and oxygen atoms in total. The molecule has 1 saturated carbocycles. The van der Waals surface area contributed by atoms with Crippen LogP contribution in [-0.4, -0.2) is 29.1 Å². The highest BCUT2D eigenvalue weighted by Gasteiger charge is 2.55. The van der Waals surface area contributed by atoms with Gasteiger partial charge < -0.3 is 14.4 Å². The van der Waals surface area contributed by atoms with E-state index in [1.54, 1.807) is 6.07 Å². The quantitative estimate of drug-likeness (QED) is 0.921. The molecule has 110 valence electrons. The number of oxazole rings is 1. The van der Waals surface area contributed by atoms with Gasteiger partial charge in [-0.05, 0) is 30.9 Å². The maximum Gasteiger partial charge on any atom is 0.311 e. The van der Waals surface area contributed by atoms with Crippen molar-refractivity contribution in [2.45, 2.75) is 19.3 Å². The van der Waals surface area contributed by atoms with E-state index in [2.05, 4.69) is 4.98 Å². The van der Waals surface area contributed by atoms with Gasteiger partial charge in [0, 0.05) is 19.2 Å². The molecule has 1 aliphatic carbocycles. The second-order valence-electron chi connectivity index (χ2n) is 6.04. The minimum absolute atomic E-state index is 0.141. The zero-order valence-electron chi connectivity index (χ0n) is 11.4. The van der Waals surface area contributed by atoms with Gasteiger partial charge in [0.2, 0.25) is 0 Å². The molecule has 1 aromatic heterocycles. The number of halogens is 1. The lowest BCUT2D eigenvalue weighted by atomic mass is 9.81. The van der Waals surface area contributed by atoms with Crippen LogP contribution in [0.15, 0.2) is 22.6 Å². The zero-order valence-corrected chi connectivity index (χ0v) is 11.4. The molecule has 0 radical (unpaired) electrons. The van der Waals surface area contributed by atoms with Crippen molar-refractivity contribution in [2.75, 3.05) is 18.0 Å². The molecule has 1 saturated heterocycles. The van der Waals surface area contributed by atoms with Gasteiger partial charge in [-0.15, -0.1) is 0 Å². The molecule has 0 spiro atoms. The maximum atomic E-state index is 13.2. The van der Waals surface area contributed by atoms with Crippen LogP contribution in [0, 0.1) is 17.2 Å². The monoisotopic (exact) mass is 290 g/mol. The van der Waals surface area contributed by atoms with Gasteiger partial charge in [-0.2, -0.15) is 4.98 Å². The Hall–Kier alpha value is -2.11. The number of carboxylic acid groups (broad SMARTS) is 1. The molecule has 4 rings (SSSR count). The van der Waals surface area contributed by atoms with Gasteiger partial charge in [-0.1, -0.05) is 6.42 Å². The first-order valence-corrected chi connectivity index (χ1v) is 7.13. The predicted octanol–water partition coefficient (Wildman–Crippen LogP) is 2.66. The van der Waals surface area contributed by atoms with Crippen molar-refractivity contribution >= 4 is 23.1 Å². The highest BCUT2D eigenvalue weighted by atomic mass is 19.1. The van der Waals surface area contributed by atoms with Crippen LogP contribution in [0.2, 0.25) is 0 Å². The second-order valence-corrected chi connectivity index (χ2v) is 6.04. The number of anilines is 1. The number of carboxylic acids is 1. The molecule has 2 atom stereocenters. The molecule has 2 heterocycles. The Morgan fingerprint density at radius 2 is 2.38 bits per heavy atom. The van der Waals surface area contributed by atoms with Crippen LogP contribution in [0.3, 0.4) is 0 Å². The molecule has 0 bridgehead atoms. The molecular weight excluding hydrogens is 275 g/mol. The van der Waals surface area contributed by atoms with Gasteiger partial charge in [0.1, 0.15) is 11.3 Å². The predicted molar refractivity (Wildman–Crippen MR) is 73.6 cm³/mol. The van der Waals surface area contributed by atoms with Crippen molar-refractivity contribution < 1.29 is 18.7 Å². The van der Waals surface area contributed by atoms with Gasteiger partial charge >= 0.3 is 5.97 Å². The first-order chi connectivity index (χ1) is 10.1. The van der Waals surface area contributed by atoms with Gasteiger partial charge in [-0.25, -0.2) is 4.39 Å². The Kier molecular flexibility index (Phi) is 2.52. The molecule has 1 N–H and O–H groups in total. The summed E-state index contributed by atoms with van der Waals surface area (Å²) < 4.78 is 18.9. The summed E-state index contributed by atoms with van der Waals surface area (Å²) >= 11 is 0. The van der Waals surface area contributed by atoms with E-state index in [9.17, 15) is 14.3 Å². The zero-order chi connectivity index (χ0) is 14.6. The number of carbonyl (C=O) groups is 1. The molecule has 2 aromatic rings. The Morgan fingerprint density at radius 1 is 1.52 bits per heavy atom. The van der Waals surface area contributed by atoms with Crippen molar-refractivity contribution in [1.82, 2.24) is 4.98 Å². The van der Waals surface area contributed by atoms with Crippen molar-refractivity contribution in [3.8, 4) is 0 Å². The number of benzene rings is 1. The van der Waals surface area contributed by atoms with Crippen LogP contribution in [0.4, 0.5) is 10.4 Å². The van der Waals surface area contributed by atoms with Crippen LogP contribution < -0.4 is 4.90 Å². The van der Waals surface area contributed by atoms with E-state index in [1.165, 1.54) is 12.1 Å². The van der Waals surface area contributed by atoms with E-state index in [1.807, 2.05) is 4.90 Å². The Morgan fingerprint density at radius 3 is 3.14 bits per heavy atom. The average Bonchev–Trinajstić information content (AvgIpc) is 3.08. The van der Waals surface area contributed by atoms with E-state index in [0.29, 0.717) is 36.6 Å². The summed E-state index contributed by atoms with van der Waals surface area (Å²) in [4.78, 5) is 17.9. The Labute approximate surface area is 120 Å². The summed E-state index contributed by atoms with van der Waals surface area (Å²) in [5, 5.41) is 9.59. The van der Waals surface area contributed by atoms with E-state index in [4.69, 9.17) is 4.42 Å². The van der Waals surface area contributed by atoms with Crippen molar-refractivity contribution in [1.29, 1.82) is 0 Å². The first kappa shape index (κ1) is 12.6. The van der Waals surface area contributed by atoms with Gasteiger partial charge in [0.25, 0.3) is 6.01 Å². The summed E-state index contributed by atoms with van der Waals surface area (Å²) in [6.07, 6.45) is 2.60. The van der Waals surface area contributed by atoms with Crippen molar-refractivity contribution in [3.63, 3.8) is 0 Å². The molecular formula is C15H15FN2O3. The van der Waals surface area contributed by atoms with Crippen LogP contribution in [-0.2, 0) is 4.79 Å². The number of nitrogens with zero attached hydrogens (tertiary/aromatic N) is 2. The fraction of sp³-hybridized carbons (Fsp3) is 0.467. The topological polar surface area (TPSA) is 66.6 Å². The van der Waals surface area contributed by atoms with Crippen molar-refractivity contribution in [2.24, 2.45) is 11.3 Å². The molecule has 1 aromatic carbocycles. The number of fused-ring (bicyclic) bond motifs is 2. The lowest BCUT2D eigenvalue weighted by Crippen LogP contribution is -2.35. The molecule has 2 aliphatic rings. The number of rotatable bonds is 2. The molecule has 2 fully saturated rings. The molecule has 0 amide bonds. The largest absolute Gasteiger partial charge is 0.481 e. The van der Waals surface area contributed by atoms with Crippen LogP contribution in [0.25, 0.3) is 11.1 Å². The van der Waals surface area contributed by atoms with Crippen LogP contribution >= 0.6 is 0 Å². The third-order valence-corrected chi connectivity index (χ3v) is 4.91. The number of hydrogen-bond acceptors (Lipinski definition) is 4. The summed E-state index contributed by atoms with van der Waals surface area (Å²) in [7, 11) is 0. The van der Waals surface area contributed by atoms with Crippen LogP contribution in [0.5, 0.6) is 0 Å². The number of hydrogen-bond donors (Lipinski definition) is 1. The van der Waals surface area contributed by atoms with Crippen LogP contribution in [0.1, 0.15) is 19.3 Å². The summed E-state index contributed by atoms with van der Waals surface area (Å²) in [6, 6.07) is 4.59. The standard InChI is InChI=1S/C15H15FN2O3/c16-10-3-4-12-11(6-10)17-14(21-12)18-7-9-2-1-5-15(9,8-18)13(19)20/h3-4,6,9H,1-2,5,7-8H2,(H,19,20)/t9-,15+/m0/s1. The maximum absolute atomic E-state index is 13.2. The smallest absolute Gasteiger partial charge is 0.311 e. The lowest BCUT2D eigenvalue weighted by molar-refractivity contribution is -0.149. The minimum Gasteiger partial charge on any atom is -0.481 e. The summed E-state index contributed by atoms with van der Waals surface area (Å²) in [5.41, 5.74) is 0.311. The highest BCUT2D eigenvalue weighted by molar-refractivity contribution is 5.78. The van der Waals surface area contributed by atoms with Gasteiger partial charge in [0.05, 0.1) is 5.41 Å². The Balaban J connectivity index is 1.69. The van der Waals surface area contributed by atoms with E-state index in [-0.39, 0.29) is 11.7 Å². The summed E-state index contributed by atoms with van der Waals surface area (Å²) in [5.74, 6) is -0.945. The first-order valence-electron chi connectivity index (χ1n) is 7.13. The lowest BCUT2D eigenvalue weighted by Gasteiger charge is -2.22. The Bertz CT molecular complexity index is 729. The molecule has 1 aliphatic heterocycles. The third-order valence-electron chi connectivity index (χ3n) is 4.91. The molecule has 6 heteroatoms. The highest BCUT2D eigenvalue weighted by Crippen LogP contribution is 2.49. The fourth-order valence-corrected chi connectivity index (χ4v) is 3.81. The van der Waals surface area contributed by atoms with Crippen molar-refractivity contribution in [3.05, 3.63) is 24.0 Å². The van der Waals surface area contributed by atoms with Gasteiger partial charge in [0.15, 0.2) is 5.58 Å². The summed E-state index contributed by atoms with van der Waals surface area (Å²) in [6.45, 7) is 1.06. The van der Waals surface area contributed by atoms with E-state index >= 15 is 0 Å². The number of aliphatic carboxylic acids is 1. The third kappa shape index (κ3) is 1.74. The van der Waals surface area contributed by atoms with E-state index < -0.39 is 11.4 Å². The SMILES string of the molecule is O=C(O)[C@@]12CCC[C@H]1CN(c1nc3cc(F)ccc3o1)C2. The average molecular weight is 290 g/mol. The van der Waals surface area contributed by atoms with E-state index in [0.717, 1.165) is 12.8 Å². The fourth-order valence-electron chi connectivity index (χ4n) is 3.81.